The van der Waals surface area contributed by atoms with Crippen LogP contribution in [0.3, 0.4) is 0 Å². The van der Waals surface area contributed by atoms with E-state index in [-0.39, 0.29) is 17.4 Å². The third-order valence-corrected chi connectivity index (χ3v) is 5.33. The molecule has 30 heavy (non-hydrogen) atoms. The Hall–Kier alpha value is -3.19. The van der Waals surface area contributed by atoms with Crippen molar-refractivity contribution in [3.8, 4) is 11.4 Å². The summed E-state index contributed by atoms with van der Waals surface area (Å²) in [5.74, 6) is 0.951. The Labute approximate surface area is 180 Å². The lowest BCUT2D eigenvalue weighted by Crippen LogP contribution is -2.11. The van der Waals surface area contributed by atoms with Crippen molar-refractivity contribution < 1.29 is 9.59 Å². The molecule has 0 radical (unpaired) electrons. The van der Waals surface area contributed by atoms with Crippen LogP contribution in [0, 0.1) is 0 Å². The monoisotopic (exact) mass is 420 g/mol. The van der Waals surface area contributed by atoms with Crippen molar-refractivity contribution in [2.24, 2.45) is 0 Å². The minimum absolute atomic E-state index is 0.0131. The van der Waals surface area contributed by atoms with Gasteiger partial charge in [-0.15, -0.1) is 16.8 Å². The van der Waals surface area contributed by atoms with Crippen molar-refractivity contribution in [3.05, 3.63) is 72.8 Å². The molecule has 0 aliphatic heterocycles. The fourth-order valence-corrected chi connectivity index (χ4v) is 3.74. The fourth-order valence-electron chi connectivity index (χ4n) is 2.89. The first-order valence-corrected chi connectivity index (χ1v) is 10.8. The van der Waals surface area contributed by atoms with Crippen molar-refractivity contribution in [2.75, 3.05) is 11.1 Å². The van der Waals surface area contributed by atoms with E-state index in [1.165, 1.54) is 11.8 Å². The number of thioether (sulfide) groups is 1. The van der Waals surface area contributed by atoms with Gasteiger partial charge in [-0.25, -0.2) is 0 Å². The third kappa shape index (κ3) is 5.45. The number of Topliss-reactive ketones (excluding diaryl/α,β-unsaturated/α-hetero) is 1. The van der Waals surface area contributed by atoms with E-state index in [9.17, 15) is 9.59 Å². The molecule has 0 unspecified atom stereocenters. The summed E-state index contributed by atoms with van der Waals surface area (Å²) < 4.78 is 1.95. The smallest absolute Gasteiger partial charge is 0.224 e. The number of aromatic nitrogens is 3. The van der Waals surface area contributed by atoms with Gasteiger partial charge in [-0.2, -0.15) is 0 Å². The van der Waals surface area contributed by atoms with Crippen molar-refractivity contribution in [2.45, 2.75) is 31.5 Å². The SMILES string of the molecule is C=CCn1c(SCC(=O)c2ccc(NC(=O)CCC)cc2)nnc1-c1ccccc1. The summed E-state index contributed by atoms with van der Waals surface area (Å²) in [4.78, 5) is 24.3. The summed E-state index contributed by atoms with van der Waals surface area (Å²) in [6, 6.07) is 16.8. The highest BCUT2D eigenvalue weighted by Crippen LogP contribution is 2.24. The van der Waals surface area contributed by atoms with Crippen LogP contribution < -0.4 is 5.32 Å². The molecule has 0 saturated heterocycles. The number of anilines is 1. The second-order valence-corrected chi connectivity index (χ2v) is 7.60. The van der Waals surface area contributed by atoms with Gasteiger partial charge in [0.15, 0.2) is 16.8 Å². The highest BCUT2D eigenvalue weighted by molar-refractivity contribution is 7.99. The van der Waals surface area contributed by atoms with Gasteiger partial charge in [0.2, 0.25) is 5.91 Å². The summed E-state index contributed by atoms with van der Waals surface area (Å²) >= 11 is 1.35. The van der Waals surface area contributed by atoms with E-state index in [0.29, 0.717) is 29.4 Å². The number of ketones is 1. The molecular formula is C23H24N4O2S. The van der Waals surface area contributed by atoms with Gasteiger partial charge in [-0.05, 0) is 30.7 Å². The molecule has 3 rings (SSSR count). The maximum absolute atomic E-state index is 12.6. The van der Waals surface area contributed by atoms with E-state index in [4.69, 9.17) is 0 Å². The van der Waals surface area contributed by atoms with E-state index in [1.54, 1.807) is 30.3 Å². The fraction of sp³-hybridized carbons (Fsp3) is 0.217. The Balaban J connectivity index is 1.66. The largest absolute Gasteiger partial charge is 0.326 e. The number of nitrogens with one attached hydrogen (secondary N) is 1. The van der Waals surface area contributed by atoms with Crippen LogP contribution in [-0.4, -0.2) is 32.2 Å². The Morgan fingerprint density at radius 3 is 2.50 bits per heavy atom. The minimum Gasteiger partial charge on any atom is -0.326 e. The van der Waals surface area contributed by atoms with Crippen LogP contribution in [0.15, 0.2) is 72.4 Å². The number of allylic oxidation sites excluding steroid dienone is 1. The van der Waals surface area contributed by atoms with Gasteiger partial charge in [0, 0.05) is 29.8 Å². The molecule has 2 aromatic carbocycles. The van der Waals surface area contributed by atoms with Crippen molar-refractivity contribution in [3.63, 3.8) is 0 Å². The second kappa shape index (κ2) is 10.5. The molecule has 3 aromatic rings. The molecule has 0 bridgehead atoms. The van der Waals surface area contributed by atoms with Gasteiger partial charge in [0.05, 0.1) is 5.75 Å². The molecule has 7 heteroatoms. The first-order chi connectivity index (χ1) is 14.6. The first kappa shape index (κ1) is 21.5. The summed E-state index contributed by atoms with van der Waals surface area (Å²) in [5.41, 5.74) is 2.25. The molecule has 0 aliphatic rings. The Morgan fingerprint density at radius 2 is 1.83 bits per heavy atom. The highest BCUT2D eigenvalue weighted by atomic mass is 32.2. The summed E-state index contributed by atoms with van der Waals surface area (Å²) in [7, 11) is 0. The number of carbonyl (C=O) groups is 2. The molecule has 154 valence electrons. The minimum atomic E-state index is -0.0251. The zero-order valence-electron chi connectivity index (χ0n) is 16.9. The lowest BCUT2D eigenvalue weighted by molar-refractivity contribution is -0.116. The number of amides is 1. The number of benzene rings is 2. The number of hydrogen-bond acceptors (Lipinski definition) is 5. The summed E-state index contributed by atoms with van der Waals surface area (Å²) in [6.07, 6.45) is 3.06. The van der Waals surface area contributed by atoms with E-state index in [1.807, 2.05) is 41.8 Å². The quantitative estimate of drug-likeness (QED) is 0.288. The molecule has 0 aliphatic carbocycles. The van der Waals surface area contributed by atoms with E-state index >= 15 is 0 Å². The van der Waals surface area contributed by atoms with Gasteiger partial charge in [-0.3, -0.25) is 14.2 Å². The maximum Gasteiger partial charge on any atom is 0.224 e. The number of nitrogens with zero attached hydrogens (tertiary/aromatic N) is 3. The molecule has 1 N–H and O–H groups in total. The molecule has 0 spiro atoms. The van der Waals surface area contributed by atoms with Crippen LogP contribution >= 0.6 is 11.8 Å². The Kier molecular flexibility index (Phi) is 7.57. The molecule has 6 nitrogen and oxygen atoms in total. The van der Waals surface area contributed by atoms with Crippen LogP contribution in [0.2, 0.25) is 0 Å². The Morgan fingerprint density at radius 1 is 1.10 bits per heavy atom. The van der Waals surface area contributed by atoms with Crippen molar-refractivity contribution in [1.82, 2.24) is 14.8 Å². The normalized spacial score (nSPS) is 10.6. The van der Waals surface area contributed by atoms with Crippen LogP contribution in [0.1, 0.15) is 30.1 Å². The number of hydrogen-bond donors (Lipinski definition) is 1. The van der Waals surface area contributed by atoms with E-state index < -0.39 is 0 Å². The Bertz CT molecular complexity index is 1010. The van der Waals surface area contributed by atoms with Gasteiger partial charge < -0.3 is 5.32 Å². The molecule has 1 aromatic heterocycles. The lowest BCUT2D eigenvalue weighted by atomic mass is 10.1. The average molecular weight is 421 g/mol. The predicted molar refractivity (Wildman–Crippen MR) is 121 cm³/mol. The number of rotatable bonds is 10. The summed E-state index contributed by atoms with van der Waals surface area (Å²) in [6.45, 7) is 6.32. The zero-order valence-corrected chi connectivity index (χ0v) is 17.7. The predicted octanol–water partition coefficient (Wildman–Crippen LogP) is 4.84. The van der Waals surface area contributed by atoms with Gasteiger partial charge in [-0.1, -0.05) is 55.1 Å². The molecule has 0 fully saturated rings. The molecule has 0 atom stereocenters. The molecule has 1 heterocycles. The summed E-state index contributed by atoms with van der Waals surface area (Å²) in [5, 5.41) is 12.1. The van der Waals surface area contributed by atoms with Crippen molar-refractivity contribution in [1.29, 1.82) is 0 Å². The first-order valence-electron chi connectivity index (χ1n) is 9.77. The van der Waals surface area contributed by atoms with Gasteiger partial charge >= 0.3 is 0 Å². The third-order valence-electron chi connectivity index (χ3n) is 4.36. The second-order valence-electron chi connectivity index (χ2n) is 6.66. The van der Waals surface area contributed by atoms with Crippen molar-refractivity contribution >= 4 is 29.1 Å². The molecule has 1 amide bonds. The average Bonchev–Trinajstić information content (AvgIpc) is 3.16. The van der Waals surface area contributed by atoms with Crippen LogP contribution in [0.4, 0.5) is 5.69 Å². The van der Waals surface area contributed by atoms with Crippen LogP contribution in [-0.2, 0) is 11.3 Å². The van der Waals surface area contributed by atoms with Crippen LogP contribution in [0.25, 0.3) is 11.4 Å². The van der Waals surface area contributed by atoms with E-state index in [2.05, 4.69) is 22.1 Å². The molecular weight excluding hydrogens is 396 g/mol. The molecule has 0 saturated carbocycles. The van der Waals surface area contributed by atoms with Gasteiger partial charge in [0.25, 0.3) is 0 Å². The van der Waals surface area contributed by atoms with Crippen LogP contribution in [0.5, 0.6) is 0 Å². The maximum atomic E-state index is 12.6. The topological polar surface area (TPSA) is 76.9 Å². The zero-order chi connectivity index (χ0) is 21.3. The lowest BCUT2D eigenvalue weighted by Gasteiger charge is -2.08. The van der Waals surface area contributed by atoms with Gasteiger partial charge in [0.1, 0.15) is 0 Å². The van der Waals surface area contributed by atoms with E-state index in [0.717, 1.165) is 17.8 Å². The number of carbonyl (C=O) groups excluding carboxylic acids is 2. The highest BCUT2D eigenvalue weighted by Gasteiger charge is 2.15. The standard InChI is InChI=1S/C23H24N4O2S/c1-3-8-21(29)24-19-13-11-17(12-14-19)20(28)16-30-23-26-25-22(27(23)15-4-2)18-9-6-5-7-10-18/h4-7,9-14H,2-3,8,15-16H2,1H3,(H,24,29).